The summed E-state index contributed by atoms with van der Waals surface area (Å²) in [6.07, 6.45) is 3.50. The largest absolute Gasteiger partial charge is 0.383 e. The fourth-order valence-corrected chi connectivity index (χ4v) is 3.91. The average Bonchev–Trinajstić information content (AvgIpc) is 3.42. The molecule has 1 aromatic rings. The summed E-state index contributed by atoms with van der Waals surface area (Å²) < 4.78 is 10.8. The van der Waals surface area contributed by atoms with Crippen molar-refractivity contribution in [3.05, 3.63) is 22.8 Å². The zero-order valence-corrected chi connectivity index (χ0v) is 20.9. The van der Waals surface area contributed by atoms with Crippen LogP contribution in [-0.2, 0) is 14.3 Å². The lowest BCUT2D eigenvalue weighted by Crippen LogP contribution is -2.39. The molecule has 3 heterocycles. The molecule has 0 saturated carbocycles. The average molecular weight is 517 g/mol. The Bertz CT molecular complexity index is 708. The fraction of sp³-hybridized carbons (Fsp3) is 0.667. The maximum Gasteiger partial charge on any atom is 0.255 e. The molecule has 2 amide bonds. The van der Waals surface area contributed by atoms with E-state index in [9.17, 15) is 9.59 Å². The Morgan fingerprint density at radius 3 is 2.66 bits per heavy atom. The molecule has 1 atom stereocenters. The van der Waals surface area contributed by atoms with Crippen molar-refractivity contribution < 1.29 is 19.1 Å². The monoisotopic (exact) mass is 516 g/mol. The van der Waals surface area contributed by atoms with Crippen LogP contribution in [-0.4, -0.2) is 97.5 Å². The SMILES string of the molecule is C=CC(=O)N1CCCC1COC.CC.NC(=O)c1c(NCCN2CCOCC2)n[nH]c1Br. The zero-order valence-electron chi connectivity index (χ0n) is 19.4. The van der Waals surface area contributed by atoms with E-state index in [0.29, 0.717) is 29.1 Å². The van der Waals surface area contributed by atoms with E-state index in [0.717, 1.165) is 52.2 Å². The van der Waals surface area contributed by atoms with Gasteiger partial charge in [-0.2, -0.15) is 5.10 Å². The van der Waals surface area contributed by atoms with E-state index in [1.165, 1.54) is 6.08 Å². The number of H-pyrrole nitrogens is 1. The number of hydrogen-bond donors (Lipinski definition) is 3. The number of carbonyl (C=O) groups excluding carboxylic acids is 2. The van der Waals surface area contributed by atoms with Crippen LogP contribution in [0.15, 0.2) is 17.3 Å². The third-order valence-corrected chi connectivity index (χ3v) is 5.56. The number of likely N-dealkylation sites (tertiary alicyclic amines) is 1. The first-order valence-corrected chi connectivity index (χ1v) is 11.8. The normalized spacial score (nSPS) is 18.1. The van der Waals surface area contributed by atoms with Gasteiger partial charge in [-0.25, -0.2) is 0 Å². The van der Waals surface area contributed by atoms with Crippen LogP contribution in [0.1, 0.15) is 37.0 Å². The van der Waals surface area contributed by atoms with E-state index in [-0.39, 0.29) is 11.9 Å². The highest BCUT2D eigenvalue weighted by Crippen LogP contribution is 2.20. The van der Waals surface area contributed by atoms with Crippen LogP contribution in [0.4, 0.5) is 5.82 Å². The molecule has 11 heteroatoms. The van der Waals surface area contributed by atoms with Gasteiger partial charge in [0, 0.05) is 39.8 Å². The molecular formula is C21H37BrN6O4. The number of aromatic amines is 1. The molecular weight excluding hydrogens is 480 g/mol. The predicted octanol–water partition coefficient (Wildman–Crippen LogP) is 1.85. The first-order chi connectivity index (χ1) is 15.5. The van der Waals surface area contributed by atoms with Gasteiger partial charge < -0.3 is 25.4 Å². The molecule has 0 radical (unpaired) electrons. The molecule has 0 aromatic carbocycles. The molecule has 1 unspecified atom stereocenters. The lowest BCUT2D eigenvalue weighted by molar-refractivity contribution is -0.127. The van der Waals surface area contributed by atoms with Gasteiger partial charge in [0.1, 0.15) is 10.2 Å². The first-order valence-electron chi connectivity index (χ1n) is 11.0. The Morgan fingerprint density at radius 1 is 1.38 bits per heavy atom. The van der Waals surface area contributed by atoms with E-state index < -0.39 is 5.91 Å². The smallest absolute Gasteiger partial charge is 0.255 e. The van der Waals surface area contributed by atoms with Crippen molar-refractivity contribution in [3.8, 4) is 0 Å². The van der Waals surface area contributed by atoms with Crippen LogP contribution in [0, 0.1) is 0 Å². The highest BCUT2D eigenvalue weighted by atomic mass is 79.9. The Hall–Kier alpha value is -1.95. The molecule has 2 aliphatic heterocycles. The van der Waals surface area contributed by atoms with Gasteiger partial charge in [0.2, 0.25) is 5.91 Å². The Balaban J connectivity index is 0.000000318. The maximum absolute atomic E-state index is 11.3. The van der Waals surface area contributed by atoms with Crippen molar-refractivity contribution in [2.24, 2.45) is 5.73 Å². The topological polar surface area (TPSA) is 126 Å². The van der Waals surface area contributed by atoms with Crippen LogP contribution in [0.3, 0.4) is 0 Å². The minimum Gasteiger partial charge on any atom is -0.383 e. The number of ether oxygens (including phenoxy) is 2. The quantitative estimate of drug-likeness (QED) is 0.450. The lowest BCUT2D eigenvalue weighted by atomic mass is 10.2. The van der Waals surface area contributed by atoms with E-state index in [4.69, 9.17) is 15.2 Å². The van der Waals surface area contributed by atoms with Crippen molar-refractivity contribution >= 4 is 33.6 Å². The number of nitrogens with two attached hydrogens (primary N) is 1. The number of anilines is 1. The predicted molar refractivity (Wildman–Crippen MR) is 129 cm³/mol. The zero-order chi connectivity index (χ0) is 23.9. The molecule has 2 aliphatic rings. The third-order valence-electron chi connectivity index (χ3n) is 4.99. The number of primary amides is 1. The first kappa shape index (κ1) is 28.1. The van der Waals surface area contributed by atoms with Crippen LogP contribution >= 0.6 is 15.9 Å². The Kier molecular flexibility index (Phi) is 13.9. The summed E-state index contributed by atoms with van der Waals surface area (Å²) in [4.78, 5) is 26.6. The number of methoxy groups -OCH3 is 1. The van der Waals surface area contributed by atoms with Crippen LogP contribution in [0.5, 0.6) is 0 Å². The van der Waals surface area contributed by atoms with E-state index in [2.05, 4.69) is 42.9 Å². The van der Waals surface area contributed by atoms with Gasteiger partial charge in [0.25, 0.3) is 5.91 Å². The summed E-state index contributed by atoms with van der Waals surface area (Å²) in [5.74, 6) is 0.00156. The highest BCUT2D eigenvalue weighted by Gasteiger charge is 2.26. The van der Waals surface area contributed by atoms with Crippen molar-refractivity contribution in [3.63, 3.8) is 0 Å². The molecule has 32 heavy (non-hydrogen) atoms. The van der Waals surface area contributed by atoms with Crippen molar-refractivity contribution in [2.75, 3.05) is 65.0 Å². The summed E-state index contributed by atoms with van der Waals surface area (Å²) in [6, 6.07) is 0.264. The Morgan fingerprint density at radius 2 is 2.06 bits per heavy atom. The standard InChI is InChI=1S/C10H16BrN5O2.C9H15NO2.C2H6/c11-8-7(9(12)17)10(15-14-8)13-1-2-16-3-5-18-6-4-16;1-3-9(11)10-6-4-5-8(10)7-12-2;1-2/h1-6H2,(H2,12,17)(H2,13,14,15);3,8H,1,4-7H2,2H3;1-2H3. The van der Waals surface area contributed by atoms with Crippen molar-refractivity contribution in [1.29, 1.82) is 0 Å². The third kappa shape index (κ3) is 8.89. The fourth-order valence-electron chi connectivity index (χ4n) is 3.44. The second kappa shape index (κ2) is 15.8. The molecule has 3 rings (SSSR count). The molecule has 0 bridgehead atoms. The maximum atomic E-state index is 11.3. The van der Waals surface area contributed by atoms with E-state index >= 15 is 0 Å². The van der Waals surface area contributed by atoms with Crippen LogP contribution in [0.25, 0.3) is 0 Å². The number of carbonyl (C=O) groups is 2. The molecule has 10 nitrogen and oxygen atoms in total. The number of aromatic nitrogens is 2. The molecule has 1 aromatic heterocycles. The van der Waals surface area contributed by atoms with Gasteiger partial charge in [-0.05, 0) is 34.8 Å². The minimum atomic E-state index is -0.510. The molecule has 0 aliphatic carbocycles. The number of rotatable bonds is 8. The number of amides is 2. The molecule has 4 N–H and O–H groups in total. The number of halogens is 1. The lowest BCUT2D eigenvalue weighted by Gasteiger charge is -2.26. The minimum absolute atomic E-state index is 0.0227. The highest BCUT2D eigenvalue weighted by molar-refractivity contribution is 9.10. The summed E-state index contributed by atoms with van der Waals surface area (Å²) in [6.45, 7) is 14.0. The second-order valence-corrected chi connectivity index (χ2v) is 7.79. The summed E-state index contributed by atoms with van der Waals surface area (Å²) in [5, 5.41) is 9.78. The van der Waals surface area contributed by atoms with Crippen molar-refractivity contribution in [1.82, 2.24) is 20.0 Å². The molecule has 2 fully saturated rings. The van der Waals surface area contributed by atoms with Gasteiger partial charge in [-0.3, -0.25) is 19.6 Å². The second-order valence-electron chi connectivity index (χ2n) is 6.99. The van der Waals surface area contributed by atoms with Gasteiger partial charge in [-0.15, -0.1) is 0 Å². The number of nitrogens with zero attached hydrogens (tertiary/aromatic N) is 3. The van der Waals surface area contributed by atoms with Gasteiger partial charge in [0.05, 0.1) is 25.9 Å². The van der Waals surface area contributed by atoms with Crippen LogP contribution < -0.4 is 11.1 Å². The van der Waals surface area contributed by atoms with Crippen LogP contribution in [0.2, 0.25) is 0 Å². The summed E-state index contributed by atoms with van der Waals surface area (Å²) >= 11 is 3.20. The Labute approximate surface area is 199 Å². The summed E-state index contributed by atoms with van der Waals surface area (Å²) in [5.41, 5.74) is 5.64. The van der Waals surface area contributed by atoms with E-state index in [1.54, 1.807) is 7.11 Å². The van der Waals surface area contributed by atoms with Gasteiger partial charge in [-0.1, -0.05) is 20.4 Å². The molecule has 0 spiro atoms. The molecule has 2 saturated heterocycles. The van der Waals surface area contributed by atoms with Gasteiger partial charge in [0.15, 0.2) is 5.82 Å². The number of hydrogen-bond acceptors (Lipinski definition) is 7. The molecule has 182 valence electrons. The van der Waals surface area contributed by atoms with Gasteiger partial charge >= 0.3 is 0 Å². The summed E-state index contributed by atoms with van der Waals surface area (Å²) in [7, 11) is 1.66. The van der Waals surface area contributed by atoms with Crippen molar-refractivity contribution in [2.45, 2.75) is 32.7 Å². The number of nitrogens with one attached hydrogen (secondary N) is 2. The number of morpholine rings is 1. The van der Waals surface area contributed by atoms with E-state index in [1.807, 2.05) is 18.7 Å².